The van der Waals surface area contributed by atoms with Crippen molar-refractivity contribution in [2.24, 2.45) is 0 Å². The van der Waals surface area contributed by atoms with Crippen LogP contribution in [0.15, 0.2) is 67.4 Å². The third-order valence-electron chi connectivity index (χ3n) is 3.87. The van der Waals surface area contributed by atoms with Gasteiger partial charge in [-0.2, -0.15) is 4.98 Å². The Kier molecular flexibility index (Phi) is 6.26. The summed E-state index contributed by atoms with van der Waals surface area (Å²) in [5.41, 5.74) is 2.40. The van der Waals surface area contributed by atoms with Gasteiger partial charge in [0.05, 0.1) is 13.3 Å². The lowest BCUT2D eigenvalue weighted by Crippen LogP contribution is -2.07. The molecule has 3 N–H and O–H groups in total. The maximum Gasteiger partial charge on any atom is 0.267 e. The van der Waals surface area contributed by atoms with Gasteiger partial charge in [-0.1, -0.05) is 12.6 Å². The Labute approximate surface area is 168 Å². The first-order chi connectivity index (χ1) is 14.1. The number of hydrogen-bond donors (Lipinski definition) is 3. The van der Waals surface area contributed by atoms with Gasteiger partial charge in [0, 0.05) is 30.2 Å². The smallest absolute Gasteiger partial charge is 0.267 e. The van der Waals surface area contributed by atoms with Crippen LogP contribution in [0.25, 0.3) is 0 Å². The zero-order chi connectivity index (χ0) is 20.6. The van der Waals surface area contributed by atoms with Crippen molar-refractivity contribution < 1.29 is 14.3 Å². The Bertz CT molecular complexity index is 1010. The fourth-order valence-electron chi connectivity index (χ4n) is 2.42. The molecule has 29 heavy (non-hydrogen) atoms. The maximum absolute atomic E-state index is 11.5. The molecule has 0 fully saturated rings. The summed E-state index contributed by atoms with van der Waals surface area (Å²) < 4.78 is 11.2. The molecule has 0 radical (unpaired) electrons. The molecule has 0 atom stereocenters. The molecule has 0 aliphatic rings. The van der Waals surface area contributed by atoms with Crippen molar-refractivity contribution in [3.05, 3.63) is 67.4 Å². The summed E-state index contributed by atoms with van der Waals surface area (Å²) in [6, 6.07) is 14.6. The second-order valence-electron chi connectivity index (χ2n) is 5.84. The Morgan fingerprint density at radius 1 is 1.10 bits per heavy atom. The first-order valence-electron chi connectivity index (χ1n) is 8.78. The summed E-state index contributed by atoms with van der Waals surface area (Å²) in [6.07, 6.45) is 2.72. The number of ether oxygens (including phenoxy) is 2. The maximum atomic E-state index is 11.5. The third-order valence-corrected chi connectivity index (χ3v) is 3.87. The number of rotatable bonds is 8. The Morgan fingerprint density at radius 2 is 1.86 bits per heavy atom. The Hall–Kier alpha value is -4.07. The standard InChI is InChI=1S/C21H21N5O3/c1-4-19(27)24-16-6-5-7-17(12-16)29-20-18(28-3)13-23-21(26-20)25-15-10-8-14(22-2)9-11-15/h4-13,22H,1H2,2-3H3,(H,24,27)(H,23,25,26). The van der Waals surface area contributed by atoms with Gasteiger partial charge in [0.25, 0.3) is 5.88 Å². The van der Waals surface area contributed by atoms with Crippen LogP contribution in [0.2, 0.25) is 0 Å². The van der Waals surface area contributed by atoms with Crippen LogP contribution in [0.4, 0.5) is 23.0 Å². The van der Waals surface area contributed by atoms with E-state index in [4.69, 9.17) is 9.47 Å². The SMILES string of the molecule is C=CC(=O)Nc1cccc(Oc2nc(Nc3ccc(NC)cc3)ncc2OC)c1. The zero-order valence-corrected chi connectivity index (χ0v) is 16.1. The number of nitrogens with zero attached hydrogens (tertiary/aromatic N) is 2. The highest BCUT2D eigenvalue weighted by molar-refractivity contribution is 5.98. The van der Waals surface area contributed by atoms with Gasteiger partial charge < -0.3 is 25.4 Å². The van der Waals surface area contributed by atoms with Crippen molar-refractivity contribution in [1.82, 2.24) is 9.97 Å². The van der Waals surface area contributed by atoms with E-state index < -0.39 is 0 Å². The number of methoxy groups -OCH3 is 1. The summed E-state index contributed by atoms with van der Waals surface area (Å²) in [5, 5.41) is 8.87. The molecule has 2 aromatic carbocycles. The van der Waals surface area contributed by atoms with Crippen molar-refractivity contribution >= 4 is 28.9 Å². The summed E-state index contributed by atoms with van der Waals surface area (Å²) >= 11 is 0. The normalized spacial score (nSPS) is 10.0. The van der Waals surface area contributed by atoms with Crippen LogP contribution in [0.1, 0.15) is 0 Å². The van der Waals surface area contributed by atoms with E-state index in [2.05, 4.69) is 32.5 Å². The molecule has 0 saturated carbocycles. The number of carbonyl (C=O) groups is 1. The van der Waals surface area contributed by atoms with Crippen LogP contribution in [0, 0.1) is 0 Å². The summed E-state index contributed by atoms with van der Waals surface area (Å²) in [5.74, 6) is 1.14. The van der Waals surface area contributed by atoms with Crippen LogP contribution in [0.3, 0.4) is 0 Å². The molecular weight excluding hydrogens is 370 g/mol. The lowest BCUT2D eigenvalue weighted by molar-refractivity contribution is -0.111. The van der Waals surface area contributed by atoms with Crippen molar-refractivity contribution in [3.63, 3.8) is 0 Å². The van der Waals surface area contributed by atoms with Gasteiger partial charge in [0.1, 0.15) is 5.75 Å². The van der Waals surface area contributed by atoms with Crippen LogP contribution in [-0.2, 0) is 4.79 Å². The summed E-state index contributed by atoms with van der Waals surface area (Å²) in [6.45, 7) is 3.44. The Morgan fingerprint density at radius 3 is 2.55 bits per heavy atom. The van der Waals surface area contributed by atoms with Gasteiger partial charge in [-0.25, -0.2) is 4.98 Å². The molecule has 1 aromatic heterocycles. The van der Waals surface area contributed by atoms with Gasteiger partial charge >= 0.3 is 0 Å². The van der Waals surface area contributed by atoms with Crippen LogP contribution >= 0.6 is 0 Å². The minimum absolute atomic E-state index is 0.240. The van der Waals surface area contributed by atoms with E-state index in [1.165, 1.54) is 19.4 Å². The third kappa shape index (κ3) is 5.23. The van der Waals surface area contributed by atoms with E-state index in [0.717, 1.165) is 11.4 Å². The predicted octanol–water partition coefficient (Wildman–Crippen LogP) is 4.19. The summed E-state index contributed by atoms with van der Waals surface area (Å²) in [4.78, 5) is 20.1. The first kappa shape index (κ1) is 19.7. The van der Waals surface area contributed by atoms with Crippen molar-refractivity contribution in [2.75, 3.05) is 30.1 Å². The lowest BCUT2D eigenvalue weighted by atomic mass is 10.3. The number of hydrogen-bond acceptors (Lipinski definition) is 7. The van der Waals surface area contributed by atoms with E-state index in [1.54, 1.807) is 24.3 Å². The average molecular weight is 391 g/mol. The molecule has 3 rings (SSSR count). The lowest BCUT2D eigenvalue weighted by Gasteiger charge is -2.12. The van der Waals surface area contributed by atoms with Crippen molar-refractivity contribution in [3.8, 4) is 17.4 Å². The average Bonchev–Trinajstić information content (AvgIpc) is 2.75. The van der Waals surface area contributed by atoms with E-state index in [-0.39, 0.29) is 11.8 Å². The van der Waals surface area contributed by atoms with E-state index >= 15 is 0 Å². The van der Waals surface area contributed by atoms with Crippen LogP contribution in [0.5, 0.6) is 17.4 Å². The van der Waals surface area contributed by atoms with Crippen LogP contribution in [-0.4, -0.2) is 30.0 Å². The molecule has 3 aromatic rings. The molecule has 0 aliphatic heterocycles. The number of benzene rings is 2. The Balaban J connectivity index is 1.81. The van der Waals surface area contributed by atoms with E-state index in [0.29, 0.717) is 23.1 Å². The number of anilines is 4. The minimum Gasteiger partial charge on any atom is -0.490 e. The number of nitrogens with one attached hydrogen (secondary N) is 3. The van der Waals surface area contributed by atoms with Crippen LogP contribution < -0.4 is 25.4 Å². The van der Waals surface area contributed by atoms with Gasteiger partial charge in [0.2, 0.25) is 11.9 Å². The van der Waals surface area contributed by atoms with E-state index in [1.807, 2.05) is 31.3 Å². The quantitative estimate of drug-likeness (QED) is 0.495. The van der Waals surface area contributed by atoms with Gasteiger partial charge in [-0.15, -0.1) is 0 Å². The fourth-order valence-corrected chi connectivity index (χ4v) is 2.42. The topological polar surface area (TPSA) is 97.4 Å². The first-order valence-corrected chi connectivity index (χ1v) is 8.78. The van der Waals surface area contributed by atoms with Gasteiger partial charge in [-0.3, -0.25) is 4.79 Å². The van der Waals surface area contributed by atoms with Gasteiger partial charge in [-0.05, 0) is 42.5 Å². The number of amides is 1. The number of aromatic nitrogens is 2. The second kappa shape index (κ2) is 9.23. The highest BCUT2D eigenvalue weighted by Crippen LogP contribution is 2.31. The molecule has 1 heterocycles. The molecule has 0 spiro atoms. The monoisotopic (exact) mass is 391 g/mol. The largest absolute Gasteiger partial charge is 0.490 e. The fraction of sp³-hybridized carbons (Fsp3) is 0.0952. The highest BCUT2D eigenvalue weighted by atomic mass is 16.5. The highest BCUT2D eigenvalue weighted by Gasteiger charge is 2.11. The zero-order valence-electron chi connectivity index (χ0n) is 16.1. The summed E-state index contributed by atoms with van der Waals surface area (Å²) in [7, 11) is 3.37. The molecule has 0 saturated heterocycles. The molecule has 8 heteroatoms. The molecule has 0 unspecified atom stereocenters. The molecular formula is C21H21N5O3. The number of carbonyl (C=O) groups excluding carboxylic acids is 1. The minimum atomic E-state index is -0.308. The molecule has 1 amide bonds. The molecule has 8 nitrogen and oxygen atoms in total. The van der Waals surface area contributed by atoms with E-state index in [9.17, 15) is 4.79 Å². The molecule has 0 bridgehead atoms. The molecule has 148 valence electrons. The van der Waals surface area contributed by atoms with Crippen molar-refractivity contribution in [1.29, 1.82) is 0 Å². The van der Waals surface area contributed by atoms with Gasteiger partial charge in [0.15, 0.2) is 5.75 Å². The predicted molar refractivity (Wildman–Crippen MR) is 113 cm³/mol. The second-order valence-corrected chi connectivity index (χ2v) is 5.84. The molecule has 0 aliphatic carbocycles. The van der Waals surface area contributed by atoms with Crippen molar-refractivity contribution in [2.45, 2.75) is 0 Å².